The molecule has 8 heteroatoms. The van der Waals surface area contributed by atoms with Crippen molar-refractivity contribution >= 4 is 11.7 Å². The van der Waals surface area contributed by atoms with Gasteiger partial charge in [-0.05, 0) is 78.4 Å². The van der Waals surface area contributed by atoms with Crippen molar-refractivity contribution in [1.29, 1.82) is 0 Å². The number of carbonyl (C=O) groups excluding carboxylic acids is 1. The Morgan fingerprint density at radius 1 is 1.00 bits per heavy atom. The smallest absolute Gasteiger partial charge is 0.251 e. The third kappa shape index (κ3) is 4.21. The van der Waals surface area contributed by atoms with Gasteiger partial charge < -0.3 is 20.5 Å². The third-order valence-electron chi connectivity index (χ3n) is 7.41. The Bertz CT molecular complexity index is 1630. The zero-order chi connectivity index (χ0) is 27.4. The number of halogens is 2. The molecule has 4 aromatic rings. The number of aryl methyl sites for hydroxylation is 2. The predicted molar refractivity (Wildman–Crippen MR) is 143 cm³/mol. The van der Waals surface area contributed by atoms with E-state index in [2.05, 4.69) is 10.3 Å². The van der Waals surface area contributed by atoms with Gasteiger partial charge in [-0.15, -0.1) is 0 Å². The fourth-order valence-corrected chi connectivity index (χ4v) is 5.67. The Morgan fingerprint density at radius 2 is 1.72 bits per heavy atom. The molecule has 0 aliphatic carbocycles. The van der Waals surface area contributed by atoms with Gasteiger partial charge in [0.25, 0.3) is 5.91 Å². The molecule has 3 aromatic carbocycles. The lowest BCUT2D eigenvalue weighted by Gasteiger charge is -2.19. The van der Waals surface area contributed by atoms with Crippen LogP contribution in [-0.4, -0.2) is 17.5 Å². The van der Waals surface area contributed by atoms with Crippen LogP contribution in [-0.2, 0) is 11.3 Å². The summed E-state index contributed by atoms with van der Waals surface area (Å²) in [6, 6.07) is 15.2. The lowest BCUT2D eigenvalue weighted by molar-refractivity contribution is 0.0857. The second-order valence-electron chi connectivity index (χ2n) is 9.89. The van der Waals surface area contributed by atoms with E-state index in [0.717, 1.165) is 33.9 Å². The number of pyridine rings is 1. The summed E-state index contributed by atoms with van der Waals surface area (Å²) in [5, 5.41) is 2.96. The lowest BCUT2D eigenvalue weighted by Crippen LogP contribution is -2.24. The zero-order valence-corrected chi connectivity index (χ0v) is 21.8. The molecule has 1 amide bonds. The number of nitrogens with two attached hydrogens (primary N) is 1. The molecule has 0 unspecified atom stereocenters. The average Bonchev–Trinajstić information content (AvgIpc) is 3.44. The predicted octanol–water partition coefficient (Wildman–Crippen LogP) is 6.08. The number of fused-ring (bicyclic) bond motifs is 8. The van der Waals surface area contributed by atoms with Crippen molar-refractivity contribution in [2.75, 3.05) is 12.3 Å². The lowest BCUT2D eigenvalue weighted by atomic mass is 9.83. The first-order chi connectivity index (χ1) is 18.7. The highest BCUT2D eigenvalue weighted by Crippen LogP contribution is 2.55. The summed E-state index contributed by atoms with van der Waals surface area (Å²) in [4.78, 5) is 17.4. The Labute approximate surface area is 224 Å². The van der Waals surface area contributed by atoms with E-state index < -0.39 is 11.6 Å². The molecular formula is C31H27F2N3O3. The van der Waals surface area contributed by atoms with Crippen molar-refractivity contribution in [3.63, 3.8) is 0 Å². The van der Waals surface area contributed by atoms with E-state index in [1.54, 1.807) is 19.1 Å². The van der Waals surface area contributed by atoms with Gasteiger partial charge in [0.05, 0.1) is 6.61 Å². The first-order valence-electron chi connectivity index (χ1n) is 12.8. The molecule has 2 aliphatic heterocycles. The number of rotatable bonds is 6. The van der Waals surface area contributed by atoms with Crippen LogP contribution in [0.5, 0.6) is 5.75 Å². The van der Waals surface area contributed by atoms with Crippen molar-refractivity contribution in [2.24, 2.45) is 0 Å². The van der Waals surface area contributed by atoms with Gasteiger partial charge in [0, 0.05) is 41.1 Å². The Morgan fingerprint density at radius 3 is 2.46 bits per heavy atom. The summed E-state index contributed by atoms with van der Waals surface area (Å²) < 4.78 is 40.4. The molecular weight excluding hydrogens is 500 g/mol. The van der Waals surface area contributed by atoms with E-state index in [1.807, 2.05) is 44.2 Å². The van der Waals surface area contributed by atoms with Crippen LogP contribution < -0.4 is 15.8 Å². The minimum Gasteiger partial charge on any atom is -0.493 e. The second kappa shape index (κ2) is 9.47. The number of carbonyl (C=O) groups is 1. The maximum Gasteiger partial charge on any atom is 0.251 e. The first kappa shape index (κ1) is 25.0. The van der Waals surface area contributed by atoms with Crippen molar-refractivity contribution in [1.82, 2.24) is 10.3 Å². The molecule has 0 spiro atoms. The molecule has 0 radical (unpaired) electrons. The van der Waals surface area contributed by atoms with E-state index in [9.17, 15) is 13.6 Å². The number of ether oxygens (including phenoxy) is 2. The Hall–Kier alpha value is -4.30. The summed E-state index contributed by atoms with van der Waals surface area (Å²) in [5.41, 5.74) is 13.2. The number of benzene rings is 3. The number of aromatic nitrogens is 1. The van der Waals surface area contributed by atoms with Gasteiger partial charge in [0.15, 0.2) is 0 Å². The number of hydrogen-bond donors (Lipinski definition) is 2. The van der Waals surface area contributed by atoms with E-state index in [1.165, 1.54) is 6.07 Å². The maximum absolute atomic E-state index is 14.7. The molecule has 39 heavy (non-hydrogen) atoms. The quantitative estimate of drug-likeness (QED) is 0.318. The third-order valence-corrected chi connectivity index (χ3v) is 7.41. The first-order valence-corrected chi connectivity index (χ1v) is 12.8. The van der Waals surface area contributed by atoms with Gasteiger partial charge in [-0.2, -0.15) is 0 Å². The standard InChI is InChI=1S/C31H27F2N3O3/c1-4-38-26-13-27(34)36-16(3)24(26)14-35-31(37)18-6-8-21-23(11-18)30-22-10-17(5-7-20(22)29(21)39-30)28-15(2)9-19(32)12-25(28)33/h5-13,29-30H,4,14H2,1-3H3,(H2,34,36)(H,35,37)/t29-,30+/m0/s1. The zero-order valence-electron chi connectivity index (χ0n) is 21.8. The summed E-state index contributed by atoms with van der Waals surface area (Å²) in [7, 11) is 0. The Balaban J connectivity index is 1.27. The van der Waals surface area contributed by atoms with Gasteiger partial charge in [-0.25, -0.2) is 13.8 Å². The molecule has 3 N–H and O–H groups in total. The van der Waals surface area contributed by atoms with Crippen molar-refractivity contribution in [3.05, 3.63) is 111 Å². The van der Waals surface area contributed by atoms with Crippen molar-refractivity contribution in [3.8, 4) is 16.9 Å². The summed E-state index contributed by atoms with van der Waals surface area (Å²) in [5.74, 6) is -0.482. The van der Waals surface area contributed by atoms with Gasteiger partial charge in [0.2, 0.25) is 0 Å². The van der Waals surface area contributed by atoms with Crippen LogP contribution in [0.15, 0.2) is 54.6 Å². The summed E-state index contributed by atoms with van der Waals surface area (Å²) in [6.07, 6.45) is -0.618. The molecule has 6 nitrogen and oxygen atoms in total. The molecule has 6 rings (SSSR count). The molecule has 2 aliphatic rings. The van der Waals surface area contributed by atoms with Crippen LogP contribution in [0.2, 0.25) is 0 Å². The molecule has 2 bridgehead atoms. The molecule has 2 atom stereocenters. The van der Waals surface area contributed by atoms with Gasteiger partial charge in [0.1, 0.15) is 35.4 Å². The number of nitrogens with one attached hydrogen (secondary N) is 1. The van der Waals surface area contributed by atoms with Crippen LogP contribution in [0.4, 0.5) is 14.6 Å². The monoisotopic (exact) mass is 527 g/mol. The van der Waals surface area contributed by atoms with Crippen LogP contribution in [0.25, 0.3) is 11.1 Å². The van der Waals surface area contributed by atoms with E-state index in [0.29, 0.717) is 46.1 Å². The minimum absolute atomic E-state index is 0.238. The molecule has 0 fully saturated rings. The van der Waals surface area contributed by atoms with Crippen LogP contribution >= 0.6 is 0 Å². The number of hydrogen-bond acceptors (Lipinski definition) is 5. The van der Waals surface area contributed by atoms with Gasteiger partial charge >= 0.3 is 0 Å². The minimum atomic E-state index is -0.603. The topological polar surface area (TPSA) is 86.5 Å². The molecule has 0 saturated heterocycles. The van der Waals surface area contributed by atoms with Crippen molar-refractivity contribution in [2.45, 2.75) is 39.5 Å². The second-order valence-corrected chi connectivity index (χ2v) is 9.89. The van der Waals surface area contributed by atoms with Crippen LogP contribution in [0, 0.1) is 25.5 Å². The average molecular weight is 528 g/mol. The molecule has 3 heterocycles. The number of nitrogen functional groups attached to an aromatic ring is 1. The fraction of sp³-hybridized carbons (Fsp3) is 0.226. The van der Waals surface area contributed by atoms with E-state index in [-0.39, 0.29) is 24.7 Å². The van der Waals surface area contributed by atoms with Gasteiger partial charge in [-0.1, -0.05) is 18.2 Å². The highest BCUT2D eigenvalue weighted by molar-refractivity contribution is 5.94. The molecule has 0 saturated carbocycles. The molecule has 198 valence electrons. The normalized spacial score (nSPS) is 16.6. The molecule has 1 aromatic heterocycles. The Kier molecular flexibility index (Phi) is 6.07. The summed E-state index contributed by atoms with van der Waals surface area (Å²) >= 11 is 0. The van der Waals surface area contributed by atoms with E-state index >= 15 is 0 Å². The van der Waals surface area contributed by atoms with Gasteiger partial charge in [-0.3, -0.25) is 4.79 Å². The SMILES string of the molecule is CCOc1cc(N)nc(C)c1CNC(=O)c1ccc2c(c1)[C@@H]1O[C@H]2c2ccc(-c3c(C)cc(F)cc3F)cc21. The largest absolute Gasteiger partial charge is 0.493 e. The number of anilines is 1. The maximum atomic E-state index is 14.7. The van der Waals surface area contributed by atoms with Crippen LogP contribution in [0.1, 0.15) is 68.6 Å². The fourth-order valence-electron chi connectivity index (χ4n) is 5.67. The van der Waals surface area contributed by atoms with Crippen LogP contribution in [0.3, 0.4) is 0 Å². The number of nitrogens with zero attached hydrogens (tertiary/aromatic N) is 1. The van der Waals surface area contributed by atoms with E-state index in [4.69, 9.17) is 15.2 Å². The summed E-state index contributed by atoms with van der Waals surface area (Å²) in [6.45, 7) is 6.11. The highest BCUT2D eigenvalue weighted by Gasteiger charge is 2.43. The highest BCUT2D eigenvalue weighted by atomic mass is 19.1. The number of amides is 1. The van der Waals surface area contributed by atoms with Crippen molar-refractivity contribution < 1.29 is 23.0 Å².